The van der Waals surface area contributed by atoms with E-state index in [-0.39, 0.29) is 5.56 Å². The van der Waals surface area contributed by atoms with E-state index in [9.17, 15) is 4.79 Å². The smallest absolute Gasteiger partial charge is 0.271 e. The predicted octanol–water partition coefficient (Wildman–Crippen LogP) is 3.83. The van der Waals surface area contributed by atoms with Gasteiger partial charge in [0.15, 0.2) is 0 Å². The lowest BCUT2D eigenvalue weighted by Gasteiger charge is -2.20. The van der Waals surface area contributed by atoms with Gasteiger partial charge in [-0.3, -0.25) is 20.1 Å². The minimum atomic E-state index is -0.0545. The van der Waals surface area contributed by atoms with Crippen LogP contribution in [0.1, 0.15) is 43.7 Å². The molecule has 0 aliphatic heterocycles. The molecule has 0 radical (unpaired) electrons. The van der Waals surface area contributed by atoms with Crippen LogP contribution in [0.3, 0.4) is 0 Å². The van der Waals surface area contributed by atoms with E-state index >= 15 is 0 Å². The van der Waals surface area contributed by atoms with Crippen LogP contribution in [0.25, 0.3) is 10.9 Å². The van der Waals surface area contributed by atoms with E-state index in [2.05, 4.69) is 37.8 Å². The summed E-state index contributed by atoms with van der Waals surface area (Å²) >= 11 is 1.87. The van der Waals surface area contributed by atoms with E-state index in [1.165, 1.54) is 42.7 Å². The Balaban J connectivity index is 1.22. The highest BCUT2D eigenvalue weighted by molar-refractivity contribution is 7.99. The quantitative estimate of drug-likeness (QED) is 0.497. The molecular formula is C19H23N5OS. The van der Waals surface area contributed by atoms with Gasteiger partial charge in [-0.05, 0) is 49.8 Å². The first kappa shape index (κ1) is 16.1. The number of aromatic nitrogens is 4. The number of nitrogens with one attached hydrogen (secondary N) is 4. The van der Waals surface area contributed by atoms with Gasteiger partial charge < -0.3 is 5.32 Å². The number of H-pyrrole nitrogens is 3. The molecule has 0 amide bonds. The van der Waals surface area contributed by atoms with Crippen molar-refractivity contribution in [2.45, 2.75) is 49.0 Å². The van der Waals surface area contributed by atoms with Crippen molar-refractivity contribution in [1.82, 2.24) is 20.4 Å². The third-order valence-electron chi connectivity index (χ3n) is 5.62. The number of anilines is 1. The van der Waals surface area contributed by atoms with Crippen molar-refractivity contribution < 1.29 is 0 Å². The summed E-state index contributed by atoms with van der Waals surface area (Å²) < 4.78 is 0. The maximum Gasteiger partial charge on any atom is 0.271 e. The summed E-state index contributed by atoms with van der Waals surface area (Å²) in [6.07, 6.45) is 6.32. The highest BCUT2D eigenvalue weighted by atomic mass is 32.2. The minimum absolute atomic E-state index is 0.0545. The molecule has 5 rings (SSSR count). The Kier molecular flexibility index (Phi) is 4.04. The van der Waals surface area contributed by atoms with Crippen molar-refractivity contribution in [3.8, 4) is 0 Å². The third-order valence-corrected chi connectivity index (χ3v) is 6.80. The highest BCUT2D eigenvalue weighted by Gasteiger charge is 2.29. The fourth-order valence-corrected chi connectivity index (χ4v) is 5.11. The molecule has 2 aliphatic carbocycles. The van der Waals surface area contributed by atoms with Crippen LogP contribution >= 0.6 is 11.8 Å². The van der Waals surface area contributed by atoms with Gasteiger partial charge in [0.05, 0.1) is 10.9 Å². The summed E-state index contributed by atoms with van der Waals surface area (Å²) in [5, 5.41) is 17.6. The molecule has 0 saturated heterocycles. The molecule has 2 aromatic heterocycles. The molecule has 2 heterocycles. The van der Waals surface area contributed by atoms with Crippen molar-refractivity contribution in [1.29, 1.82) is 0 Å². The van der Waals surface area contributed by atoms with Gasteiger partial charge in [0, 0.05) is 34.4 Å². The monoisotopic (exact) mass is 369 g/mol. The minimum Gasteiger partial charge on any atom is -0.366 e. The molecule has 26 heavy (non-hydrogen) atoms. The van der Waals surface area contributed by atoms with Crippen molar-refractivity contribution in [2.24, 2.45) is 5.92 Å². The van der Waals surface area contributed by atoms with Gasteiger partial charge >= 0.3 is 0 Å². The molecule has 4 N–H and O–H groups in total. The van der Waals surface area contributed by atoms with Gasteiger partial charge in [0.2, 0.25) is 0 Å². The number of rotatable bonds is 6. The van der Waals surface area contributed by atoms with Crippen LogP contribution < -0.4 is 10.9 Å². The van der Waals surface area contributed by atoms with E-state index in [1.54, 1.807) is 0 Å². The number of nitrogens with zero attached hydrogens (tertiary/aromatic N) is 1. The summed E-state index contributed by atoms with van der Waals surface area (Å²) in [4.78, 5) is 12.8. The Bertz CT molecular complexity index is 970. The van der Waals surface area contributed by atoms with Crippen LogP contribution in [-0.2, 0) is 0 Å². The zero-order valence-corrected chi connectivity index (χ0v) is 15.4. The van der Waals surface area contributed by atoms with Gasteiger partial charge in [-0.25, -0.2) is 0 Å². The molecule has 2 unspecified atom stereocenters. The van der Waals surface area contributed by atoms with Gasteiger partial charge in [0.1, 0.15) is 5.82 Å². The third kappa shape index (κ3) is 3.16. The first-order chi connectivity index (χ1) is 12.8. The second-order valence-corrected chi connectivity index (χ2v) is 8.62. The van der Waals surface area contributed by atoms with Gasteiger partial charge in [-0.2, -0.15) is 5.10 Å². The zero-order valence-electron chi connectivity index (χ0n) is 14.5. The standard InChI is InChI=1S/C19H23N5OS/c25-19-14-7-6-13(8-17(14)22-24-19)26-10-12-2-1-3-15(12)20-18-9-16(21-23-18)11-4-5-11/h6-9,11-12,15H,1-5,10H2,(H2,20,21,23)(H2,22,24,25). The molecule has 2 aliphatic rings. The lowest BCUT2D eigenvalue weighted by Crippen LogP contribution is -2.25. The average Bonchev–Trinajstić information content (AvgIpc) is 3.06. The summed E-state index contributed by atoms with van der Waals surface area (Å²) in [6.45, 7) is 0. The maximum atomic E-state index is 11.6. The Hall–Kier alpha value is -2.15. The second kappa shape index (κ2) is 6.54. The SMILES string of the molecule is O=c1[nH][nH]c2cc(SCC3CCCC3Nc3cc(C4CC4)[nH]n3)ccc12. The molecule has 2 saturated carbocycles. The number of benzene rings is 1. The van der Waals surface area contributed by atoms with Gasteiger partial charge in [-0.15, -0.1) is 11.8 Å². The van der Waals surface area contributed by atoms with Crippen molar-refractivity contribution in [3.05, 3.63) is 40.3 Å². The van der Waals surface area contributed by atoms with Crippen LogP contribution in [0.15, 0.2) is 34.0 Å². The Labute approximate surface area is 155 Å². The topological polar surface area (TPSA) is 89.4 Å². The molecular weight excluding hydrogens is 346 g/mol. The number of hydrogen-bond donors (Lipinski definition) is 4. The largest absolute Gasteiger partial charge is 0.366 e. The van der Waals surface area contributed by atoms with E-state index < -0.39 is 0 Å². The molecule has 0 bridgehead atoms. The van der Waals surface area contributed by atoms with E-state index in [0.29, 0.717) is 17.9 Å². The summed E-state index contributed by atoms with van der Waals surface area (Å²) in [5.41, 5.74) is 2.11. The maximum absolute atomic E-state index is 11.6. The van der Waals surface area contributed by atoms with Gasteiger partial charge in [-0.1, -0.05) is 6.42 Å². The van der Waals surface area contributed by atoms with Crippen LogP contribution in [-0.4, -0.2) is 32.2 Å². The van der Waals surface area contributed by atoms with E-state index in [4.69, 9.17) is 0 Å². The lowest BCUT2D eigenvalue weighted by molar-refractivity contribution is 0.564. The number of thioether (sulfide) groups is 1. The summed E-state index contributed by atoms with van der Waals surface area (Å²) in [6, 6.07) is 8.69. The molecule has 3 aromatic rings. The van der Waals surface area contributed by atoms with Crippen LogP contribution in [0.4, 0.5) is 5.82 Å². The Morgan fingerprint density at radius 1 is 1.15 bits per heavy atom. The first-order valence-corrected chi connectivity index (χ1v) is 10.4. The summed E-state index contributed by atoms with van der Waals surface area (Å²) in [5.74, 6) is 3.43. The molecule has 1 aromatic carbocycles. The second-order valence-electron chi connectivity index (χ2n) is 7.52. The zero-order chi connectivity index (χ0) is 17.5. The first-order valence-electron chi connectivity index (χ1n) is 9.41. The molecule has 2 atom stereocenters. The van der Waals surface area contributed by atoms with Crippen LogP contribution in [0.2, 0.25) is 0 Å². The van der Waals surface area contributed by atoms with E-state index in [0.717, 1.165) is 22.5 Å². The van der Waals surface area contributed by atoms with Crippen molar-refractivity contribution >= 4 is 28.5 Å². The van der Waals surface area contributed by atoms with Crippen LogP contribution in [0, 0.1) is 5.92 Å². The fraction of sp³-hybridized carbons (Fsp3) is 0.474. The number of hydrogen-bond acceptors (Lipinski definition) is 4. The Morgan fingerprint density at radius 2 is 2.08 bits per heavy atom. The summed E-state index contributed by atoms with van der Waals surface area (Å²) in [7, 11) is 0. The average molecular weight is 369 g/mol. The highest BCUT2D eigenvalue weighted by Crippen LogP contribution is 2.40. The molecule has 2 fully saturated rings. The number of fused-ring (bicyclic) bond motifs is 1. The van der Waals surface area contributed by atoms with Crippen molar-refractivity contribution in [2.75, 3.05) is 11.1 Å². The molecule has 6 nitrogen and oxygen atoms in total. The van der Waals surface area contributed by atoms with Crippen LogP contribution in [0.5, 0.6) is 0 Å². The molecule has 7 heteroatoms. The Morgan fingerprint density at radius 3 is 2.96 bits per heavy atom. The van der Waals surface area contributed by atoms with E-state index in [1.807, 2.05) is 23.9 Å². The van der Waals surface area contributed by atoms with Crippen molar-refractivity contribution in [3.63, 3.8) is 0 Å². The number of aromatic amines is 3. The fourth-order valence-electron chi connectivity index (χ4n) is 3.94. The van der Waals surface area contributed by atoms with Gasteiger partial charge in [0.25, 0.3) is 5.56 Å². The molecule has 0 spiro atoms. The predicted molar refractivity (Wildman–Crippen MR) is 105 cm³/mol. The normalized spacial score (nSPS) is 22.9. The lowest BCUT2D eigenvalue weighted by atomic mass is 10.1. The molecule has 136 valence electrons.